The summed E-state index contributed by atoms with van der Waals surface area (Å²) in [6, 6.07) is -0.868. The van der Waals surface area contributed by atoms with Crippen LogP contribution in [0.3, 0.4) is 0 Å². The van der Waals surface area contributed by atoms with Gasteiger partial charge in [0.15, 0.2) is 0 Å². The fourth-order valence-electron chi connectivity index (χ4n) is 4.46. The third-order valence-corrected chi connectivity index (χ3v) is 6.92. The maximum atomic E-state index is 12.5. The predicted octanol–water partition coefficient (Wildman–Crippen LogP) is 8.10. The number of rotatable bonds is 28. The molecule has 0 aliphatic rings. The van der Waals surface area contributed by atoms with Gasteiger partial charge in [0.1, 0.15) is 12.1 Å². The van der Waals surface area contributed by atoms with Crippen molar-refractivity contribution in [1.29, 1.82) is 0 Å². The Morgan fingerprint density at radius 1 is 0.714 bits per heavy atom. The summed E-state index contributed by atoms with van der Waals surface area (Å²) in [7, 11) is 0. The molecule has 4 N–H and O–H groups in total. The van der Waals surface area contributed by atoms with Crippen molar-refractivity contribution < 1.29 is 24.2 Å². The van der Waals surface area contributed by atoms with Gasteiger partial charge in [-0.05, 0) is 83.6 Å². The second kappa shape index (κ2) is 29.8. The minimum absolute atomic E-state index is 0.0473. The zero-order valence-corrected chi connectivity index (χ0v) is 26.6. The molecule has 0 radical (unpaired) electrons. The molecule has 0 aliphatic heterocycles. The van der Waals surface area contributed by atoms with Crippen LogP contribution >= 0.6 is 0 Å². The number of carbonyl (C=O) groups is 3. The molecule has 0 aromatic rings. The summed E-state index contributed by atoms with van der Waals surface area (Å²) in [6.07, 6.45) is 33.2. The Morgan fingerprint density at radius 2 is 1.29 bits per heavy atom. The number of nitrogens with two attached hydrogens (primary N) is 1. The molecule has 0 spiro atoms. The number of allylic oxidation sites excluding steroid dienone is 8. The maximum absolute atomic E-state index is 12.5. The van der Waals surface area contributed by atoms with Crippen molar-refractivity contribution in [1.82, 2.24) is 5.32 Å². The summed E-state index contributed by atoms with van der Waals surface area (Å²) in [5.74, 6) is -1.37. The van der Waals surface area contributed by atoms with Crippen LogP contribution in [0.1, 0.15) is 136 Å². The highest BCUT2D eigenvalue weighted by atomic mass is 16.5. The van der Waals surface area contributed by atoms with Gasteiger partial charge < -0.3 is 20.9 Å². The van der Waals surface area contributed by atoms with Crippen molar-refractivity contribution >= 4 is 17.8 Å². The van der Waals surface area contributed by atoms with Crippen LogP contribution in [-0.4, -0.2) is 41.6 Å². The lowest BCUT2D eigenvalue weighted by molar-refractivity contribution is -0.149. The van der Waals surface area contributed by atoms with Gasteiger partial charge in [-0.25, -0.2) is 4.79 Å². The molecule has 42 heavy (non-hydrogen) atoms. The van der Waals surface area contributed by atoms with Gasteiger partial charge in [-0.1, -0.05) is 94.6 Å². The molecule has 0 fully saturated rings. The predicted molar refractivity (Wildman–Crippen MR) is 174 cm³/mol. The molecule has 0 rings (SSSR count). The minimum Gasteiger partial charge on any atom is -0.480 e. The normalized spacial score (nSPS) is 13.4. The van der Waals surface area contributed by atoms with E-state index < -0.39 is 12.0 Å². The number of hydrogen-bond acceptors (Lipinski definition) is 5. The molecule has 0 saturated carbocycles. The van der Waals surface area contributed by atoms with Gasteiger partial charge in [-0.2, -0.15) is 0 Å². The first-order chi connectivity index (χ1) is 20.4. The van der Waals surface area contributed by atoms with E-state index >= 15 is 0 Å². The van der Waals surface area contributed by atoms with E-state index in [1.807, 2.05) is 0 Å². The third kappa shape index (κ3) is 26.2. The fraction of sp³-hybridized carbons (Fsp3) is 0.686. The van der Waals surface area contributed by atoms with Crippen LogP contribution in [0, 0.1) is 0 Å². The smallest absolute Gasteiger partial charge is 0.326 e. The second-order valence-electron chi connectivity index (χ2n) is 10.8. The van der Waals surface area contributed by atoms with Crippen molar-refractivity contribution in [2.45, 2.75) is 148 Å². The van der Waals surface area contributed by atoms with E-state index in [-0.39, 0.29) is 18.0 Å². The van der Waals surface area contributed by atoms with Crippen molar-refractivity contribution in [2.75, 3.05) is 6.54 Å². The van der Waals surface area contributed by atoms with E-state index in [1.165, 1.54) is 12.8 Å². The molecule has 0 bridgehead atoms. The summed E-state index contributed by atoms with van der Waals surface area (Å²) in [5, 5.41) is 11.8. The van der Waals surface area contributed by atoms with Crippen LogP contribution in [0.15, 0.2) is 48.6 Å². The van der Waals surface area contributed by atoms with Crippen molar-refractivity contribution in [2.24, 2.45) is 5.73 Å². The zero-order valence-electron chi connectivity index (χ0n) is 26.6. The van der Waals surface area contributed by atoms with E-state index in [0.717, 1.165) is 70.6 Å². The Kier molecular flexibility index (Phi) is 27.9. The number of unbranched alkanes of at least 4 members (excludes halogenated alkanes) is 6. The standard InChI is InChI=1S/C35H60N2O5/c1-3-5-7-9-10-11-12-13-14-15-16-17-23-29-34(39)42-31(25-20-8-6-4-2)26-21-18-19-22-28-33(38)37-32(35(40)41)27-24-30-36/h5,7,10-11,13-14,16-17,31-32H,3-4,6,8-9,12,15,18-30,36H2,1-2H3,(H,37,38)(H,40,41)/b7-5-,11-10-,14-13-,17-16-. The number of carboxylic acids is 1. The molecule has 2 unspecified atom stereocenters. The van der Waals surface area contributed by atoms with Crippen molar-refractivity contribution in [3.05, 3.63) is 48.6 Å². The lowest BCUT2D eigenvalue weighted by Gasteiger charge is -2.18. The Bertz CT molecular complexity index is 803. The van der Waals surface area contributed by atoms with Gasteiger partial charge >= 0.3 is 11.9 Å². The molecule has 0 saturated heterocycles. The van der Waals surface area contributed by atoms with E-state index in [9.17, 15) is 19.5 Å². The van der Waals surface area contributed by atoms with Gasteiger partial charge in [0.05, 0.1) is 0 Å². The largest absolute Gasteiger partial charge is 0.480 e. The third-order valence-electron chi connectivity index (χ3n) is 6.92. The lowest BCUT2D eigenvalue weighted by Crippen LogP contribution is -2.40. The number of aliphatic carboxylic acids is 1. The number of ether oxygens (including phenoxy) is 1. The number of carbonyl (C=O) groups excluding carboxylic acids is 2. The van der Waals surface area contributed by atoms with Gasteiger partial charge in [-0.15, -0.1) is 0 Å². The Labute approximate surface area is 256 Å². The number of esters is 1. The zero-order chi connectivity index (χ0) is 31.1. The molecule has 0 heterocycles. The van der Waals surface area contributed by atoms with E-state index in [1.54, 1.807) is 0 Å². The lowest BCUT2D eigenvalue weighted by atomic mass is 10.0. The monoisotopic (exact) mass is 588 g/mol. The first kappa shape index (κ1) is 39.3. The average Bonchev–Trinajstić information content (AvgIpc) is 2.97. The van der Waals surface area contributed by atoms with Gasteiger partial charge in [0.25, 0.3) is 0 Å². The number of carboxylic acid groups (broad SMARTS) is 1. The second-order valence-corrected chi connectivity index (χ2v) is 10.8. The summed E-state index contributed by atoms with van der Waals surface area (Å²) in [5.41, 5.74) is 5.45. The molecule has 2 atom stereocenters. The summed E-state index contributed by atoms with van der Waals surface area (Å²) >= 11 is 0. The van der Waals surface area contributed by atoms with Crippen LogP contribution in [0.25, 0.3) is 0 Å². The fourth-order valence-corrected chi connectivity index (χ4v) is 4.46. The quantitative estimate of drug-likeness (QED) is 0.0483. The Hall–Kier alpha value is -2.67. The van der Waals surface area contributed by atoms with Gasteiger partial charge in [0.2, 0.25) is 5.91 Å². The van der Waals surface area contributed by atoms with Crippen LogP contribution < -0.4 is 11.1 Å². The Balaban J connectivity index is 4.26. The molecule has 0 aromatic carbocycles. The highest BCUT2D eigenvalue weighted by Crippen LogP contribution is 2.17. The van der Waals surface area contributed by atoms with Crippen molar-refractivity contribution in [3.63, 3.8) is 0 Å². The average molecular weight is 589 g/mol. The summed E-state index contributed by atoms with van der Waals surface area (Å²) in [4.78, 5) is 35.9. The Morgan fingerprint density at radius 3 is 1.86 bits per heavy atom. The topological polar surface area (TPSA) is 119 Å². The molecule has 7 heteroatoms. The molecular weight excluding hydrogens is 528 g/mol. The highest BCUT2D eigenvalue weighted by Gasteiger charge is 2.19. The minimum atomic E-state index is -1.02. The SMILES string of the molecule is CC/C=C\C/C=C\C/C=C\C/C=C\CCC(=O)OC(CCCCCC)CCCCCCC(=O)NC(CCCN)C(=O)O. The molecule has 240 valence electrons. The van der Waals surface area contributed by atoms with E-state index in [4.69, 9.17) is 10.5 Å². The number of hydrogen-bond donors (Lipinski definition) is 3. The highest BCUT2D eigenvalue weighted by molar-refractivity contribution is 5.83. The van der Waals surface area contributed by atoms with Crippen molar-refractivity contribution in [3.8, 4) is 0 Å². The van der Waals surface area contributed by atoms with Crippen LogP contribution in [0.5, 0.6) is 0 Å². The molecule has 1 amide bonds. The summed E-state index contributed by atoms with van der Waals surface area (Å²) in [6.45, 7) is 4.73. The van der Waals surface area contributed by atoms with Gasteiger partial charge in [-0.3, -0.25) is 9.59 Å². The first-order valence-corrected chi connectivity index (χ1v) is 16.5. The van der Waals surface area contributed by atoms with Crippen LogP contribution in [-0.2, 0) is 19.1 Å². The first-order valence-electron chi connectivity index (χ1n) is 16.5. The number of nitrogens with one attached hydrogen (secondary N) is 1. The van der Waals surface area contributed by atoms with E-state index in [2.05, 4.69) is 67.8 Å². The summed E-state index contributed by atoms with van der Waals surface area (Å²) < 4.78 is 5.85. The van der Waals surface area contributed by atoms with Crippen LogP contribution in [0.4, 0.5) is 0 Å². The molecule has 7 nitrogen and oxygen atoms in total. The van der Waals surface area contributed by atoms with Gasteiger partial charge in [0, 0.05) is 12.8 Å². The van der Waals surface area contributed by atoms with E-state index in [0.29, 0.717) is 45.1 Å². The molecule has 0 aromatic heterocycles. The maximum Gasteiger partial charge on any atom is 0.326 e. The number of amides is 1. The molecule has 0 aliphatic carbocycles. The van der Waals surface area contributed by atoms with Crippen LogP contribution in [0.2, 0.25) is 0 Å². The molecular formula is C35H60N2O5.